The molecular weight excluding hydrogens is 1270 g/mol. The van der Waals surface area contributed by atoms with Crippen molar-refractivity contribution in [2.24, 2.45) is 0 Å². The third-order valence-electron chi connectivity index (χ3n) is 10.4. The fourth-order valence-corrected chi connectivity index (χ4v) is 10.4. The van der Waals surface area contributed by atoms with E-state index < -0.39 is 0 Å². The van der Waals surface area contributed by atoms with E-state index in [0.29, 0.717) is 103 Å². The summed E-state index contributed by atoms with van der Waals surface area (Å²) in [5, 5.41) is 15.9. The summed E-state index contributed by atoms with van der Waals surface area (Å²) >= 11 is 0. The molecule has 2 aliphatic rings. The molecule has 0 unspecified atom stereocenters. The zero-order valence-electron chi connectivity index (χ0n) is 44.3. The molecule has 75 heavy (non-hydrogen) atoms. The zero-order valence-corrected chi connectivity index (χ0v) is 55.0. The Bertz CT molecular complexity index is 2060. The van der Waals surface area contributed by atoms with Crippen LogP contribution in [-0.2, 0) is 89.5 Å². The van der Waals surface area contributed by atoms with Gasteiger partial charge in [0, 0.05) is 69.7 Å². The Kier molecular flexibility index (Phi) is 56.6. The maximum atomic E-state index is 7.50. The van der Waals surface area contributed by atoms with E-state index >= 15 is 0 Å². The molecule has 399 valence electrons. The molecule has 2 heterocycles. The first kappa shape index (κ1) is 80.7. The molecule has 0 atom stereocenters. The van der Waals surface area contributed by atoms with Crippen molar-refractivity contribution in [2.75, 3.05) is 79.3 Å². The van der Waals surface area contributed by atoms with Gasteiger partial charge in [0.1, 0.15) is 0 Å². The smallest absolute Gasteiger partial charge is 0 e. The summed E-state index contributed by atoms with van der Waals surface area (Å²) in [5.41, 5.74) is 9.20. The Balaban J connectivity index is -0.000000603. The van der Waals surface area contributed by atoms with Gasteiger partial charge >= 0.3 is 108 Å². The number of hydrogen-bond acceptors (Lipinski definition) is 6. The van der Waals surface area contributed by atoms with Gasteiger partial charge in [-0.2, -0.15) is 0 Å². The molecule has 2 aliphatic heterocycles. The third-order valence-corrected chi connectivity index (χ3v) is 23.2. The second kappa shape index (κ2) is 52.6. The van der Waals surface area contributed by atoms with Crippen LogP contribution in [0.5, 0.6) is 0 Å². The van der Waals surface area contributed by atoms with Crippen LogP contribution in [-0.4, -0.2) is 79.3 Å². The molecule has 20 heteroatoms. The first-order valence-electron chi connectivity index (χ1n) is 23.1. The predicted octanol–water partition coefficient (Wildman–Crippen LogP) is 13.5. The minimum absolute atomic E-state index is 0. The number of ether oxygens (including phenoxy) is 6. The van der Waals surface area contributed by atoms with Crippen LogP contribution in [0.4, 0.5) is 22.7 Å². The van der Waals surface area contributed by atoms with Gasteiger partial charge in [-0.25, -0.2) is 0 Å². The van der Waals surface area contributed by atoms with Gasteiger partial charge in [-0.15, -0.1) is 22.7 Å². The number of para-hydroxylation sites is 2. The van der Waals surface area contributed by atoms with E-state index in [-0.39, 0.29) is 89.2 Å². The van der Waals surface area contributed by atoms with E-state index in [9.17, 15) is 0 Å². The van der Waals surface area contributed by atoms with Crippen LogP contribution in [0.3, 0.4) is 0 Å². The maximum Gasteiger partial charge on any atom is 1.00 e. The van der Waals surface area contributed by atoms with Gasteiger partial charge in [-0.05, 0) is 45.2 Å². The van der Waals surface area contributed by atoms with E-state index in [0.717, 1.165) is 33.5 Å². The largest absolute Gasteiger partial charge is 1.00 e. The van der Waals surface area contributed by atoms with Crippen molar-refractivity contribution < 1.29 is 141 Å². The summed E-state index contributed by atoms with van der Waals surface area (Å²) in [6.45, 7) is 47.6. The number of benzene rings is 5. The monoisotopic (exact) mass is 1340 g/mol. The molecule has 13 nitrogen and oxygen atoms in total. The van der Waals surface area contributed by atoms with Gasteiger partial charge in [0.25, 0.3) is 0 Å². The summed E-state index contributed by atoms with van der Waals surface area (Å²) in [6, 6.07) is 30.7. The molecule has 0 spiro atoms. The number of nitrogens with zero attached hydrogens (tertiary/aromatic N) is 2. The van der Waals surface area contributed by atoms with Crippen LogP contribution in [0.15, 0.2) is 84.9 Å². The Morgan fingerprint density at radius 3 is 0.693 bits per heavy atom. The van der Waals surface area contributed by atoms with E-state index in [1.807, 2.05) is 0 Å². The molecule has 5 aromatic rings. The molecule has 2 fully saturated rings. The van der Waals surface area contributed by atoms with Gasteiger partial charge in [0.15, 0.2) is 0 Å². The SMILES string of the molecule is C1COCCOCCOCCOCCOCCO1.CC(C)c1cccc(C(C)C)c1[N-]c1c([N-]c2c(C(C)C)cccc2C(C)C)c2ccccc2c2ccccc12.[C-]#[O+].[C-]#[O+].[C-]#[O+].[C-]#[O+].[C-]#[O+].[Co].[K+].[P]1[P][P][P]1.[W]. The predicted molar refractivity (Wildman–Crippen MR) is 288 cm³/mol. The molecule has 5 radical (unpaired) electrons. The molecule has 0 amide bonds. The molecule has 0 aromatic heterocycles. The Morgan fingerprint density at radius 1 is 0.333 bits per heavy atom. The van der Waals surface area contributed by atoms with E-state index in [2.05, 4.69) is 174 Å². The minimum Gasteiger partial charge on any atom is 0 e. The normalized spacial score (nSPS) is 14.8. The summed E-state index contributed by atoms with van der Waals surface area (Å²) in [7, 11) is 6.44. The fraction of sp³-hybridized carbons (Fsp3) is 0.436. The van der Waals surface area contributed by atoms with Crippen LogP contribution in [0.25, 0.3) is 32.2 Å². The van der Waals surface area contributed by atoms with Crippen molar-refractivity contribution in [3.05, 3.63) is 151 Å². The van der Waals surface area contributed by atoms with Crippen LogP contribution >= 0.6 is 31.8 Å². The average Bonchev–Trinajstić information content (AvgIpc) is 3.39. The summed E-state index contributed by atoms with van der Waals surface area (Å²) < 4.78 is 69.5. The van der Waals surface area contributed by atoms with Crippen LogP contribution < -0.4 is 51.4 Å². The average molecular weight is 1340 g/mol. The van der Waals surface area contributed by atoms with Gasteiger partial charge in [0.2, 0.25) is 0 Å². The van der Waals surface area contributed by atoms with Crippen molar-refractivity contribution in [1.29, 1.82) is 0 Å². The molecule has 2 saturated heterocycles. The van der Waals surface area contributed by atoms with Crippen LogP contribution in [0.2, 0.25) is 0 Å². The van der Waals surface area contributed by atoms with E-state index in [1.54, 1.807) is 31.8 Å². The summed E-state index contributed by atoms with van der Waals surface area (Å²) in [5.74, 6) is 1.44. The minimum atomic E-state index is 0. The maximum absolute atomic E-state index is 7.50. The standard InChI is InChI=1S/C38H42N2.C12H24O6.5CO.Co.K.P4.W/c1-23(2)27-19-13-20-28(24(3)4)35(27)39-37-33-17-11-9-15-31(33)32-16-10-12-18-34(32)38(37)40-36-29(25(5)6)21-14-22-30(36)26(7)8;1-2-14-5-6-16-9-10-18-12-11-17-8-7-15-4-3-13-1;5*1-2;;;1-2-4-3-1;/h9-26H,1-8H3;1-12H2;;;;;;;;;/q-2;;;;;;;;+1;;. The number of fused-ring (bicyclic) bond motifs is 3. The molecule has 0 saturated carbocycles. The number of rotatable bonds is 8. The second-order valence-corrected chi connectivity index (χ2v) is 25.5. The number of hydrogen-bond donors (Lipinski definition) is 0. The Labute approximate surface area is 521 Å². The molecule has 0 N–H and O–H groups in total. The molecule has 5 aromatic carbocycles. The first-order valence-corrected chi connectivity index (χ1v) is 29.5. The Hall–Kier alpha value is -0.769. The molecule has 7 rings (SSSR count). The molecule has 0 aliphatic carbocycles. The van der Waals surface area contributed by atoms with Gasteiger partial charge in [-0.1, -0.05) is 163 Å². The zero-order chi connectivity index (χ0) is 54.1. The summed E-state index contributed by atoms with van der Waals surface area (Å²) in [4.78, 5) is 0. The van der Waals surface area contributed by atoms with Crippen molar-refractivity contribution in [1.82, 2.24) is 0 Å². The fourth-order valence-electron chi connectivity index (χ4n) is 7.20. The quantitative estimate of drug-likeness (QED) is 0.0489. The van der Waals surface area contributed by atoms with Gasteiger partial charge in [0.05, 0.1) is 79.3 Å². The molecular formula is C55H66CoKN2O11P4W-. The van der Waals surface area contributed by atoms with Crippen molar-refractivity contribution in [3.8, 4) is 0 Å². The van der Waals surface area contributed by atoms with Crippen molar-refractivity contribution in [3.63, 3.8) is 0 Å². The topological polar surface area (TPSA) is 183 Å². The van der Waals surface area contributed by atoms with E-state index in [4.69, 9.17) is 62.3 Å². The van der Waals surface area contributed by atoms with Crippen molar-refractivity contribution in [2.45, 2.75) is 79.1 Å². The van der Waals surface area contributed by atoms with Gasteiger partial charge in [-0.3, -0.25) is 0 Å². The summed E-state index contributed by atoms with van der Waals surface area (Å²) in [6.07, 6.45) is 0. The third kappa shape index (κ3) is 30.0. The van der Waals surface area contributed by atoms with Crippen molar-refractivity contribution >= 4 is 76.1 Å². The molecule has 0 bridgehead atoms. The van der Waals surface area contributed by atoms with E-state index in [1.165, 1.54) is 33.0 Å². The second-order valence-electron chi connectivity index (χ2n) is 16.2. The van der Waals surface area contributed by atoms with Gasteiger partial charge < -0.3 is 39.1 Å². The van der Waals surface area contributed by atoms with Crippen LogP contribution in [0.1, 0.15) is 101 Å². The van der Waals surface area contributed by atoms with Crippen LogP contribution in [0, 0.1) is 33.3 Å². The first-order chi connectivity index (χ1) is 35.2. The Morgan fingerprint density at radius 2 is 0.520 bits per heavy atom.